The molecule has 0 saturated carbocycles. The zero-order chi connectivity index (χ0) is 16.2. The van der Waals surface area contributed by atoms with Gasteiger partial charge < -0.3 is 5.32 Å². The molecule has 0 aliphatic heterocycles. The van der Waals surface area contributed by atoms with Gasteiger partial charge in [0.2, 0.25) is 0 Å². The van der Waals surface area contributed by atoms with E-state index in [2.05, 4.69) is 40.9 Å². The summed E-state index contributed by atoms with van der Waals surface area (Å²) in [7, 11) is 0. The number of carbonyl (C=O) groups is 1. The lowest BCUT2D eigenvalue weighted by molar-refractivity contribution is 0.0954. The third-order valence-electron chi connectivity index (χ3n) is 3.82. The van der Waals surface area contributed by atoms with Crippen molar-refractivity contribution in [3.05, 3.63) is 45.6 Å². The Morgan fingerprint density at radius 3 is 2.96 bits per heavy atom. The van der Waals surface area contributed by atoms with Gasteiger partial charge in [0.25, 0.3) is 5.91 Å². The van der Waals surface area contributed by atoms with E-state index in [0.29, 0.717) is 12.1 Å². The minimum Gasteiger partial charge on any atom is -0.352 e. The van der Waals surface area contributed by atoms with Gasteiger partial charge in [-0.05, 0) is 55.0 Å². The lowest BCUT2D eigenvalue weighted by Crippen LogP contribution is -2.25. The predicted molar refractivity (Wildman–Crippen MR) is 92.9 cm³/mol. The summed E-state index contributed by atoms with van der Waals surface area (Å²) in [4.78, 5) is 13.6. The number of fused-ring (bicyclic) bond motifs is 1. The molecule has 0 radical (unpaired) electrons. The highest BCUT2D eigenvalue weighted by Crippen LogP contribution is 2.16. The molecule has 1 aromatic carbocycles. The van der Waals surface area contributed by atoms with E-state index in [1.54, 1.807) is 17.4 Å². The number of hydrogen-bond acceptors (Lipinski definition) is 4. The Hall–Kier alpha value is -2.21. The molecule has 0 fully saturated rings. The van der Waals surface area contributed by atoms with Crippen molar-refractivity contribution in [2.45, 2.75) is 33.2 Å². The SMILES string of the molecule is CCCn1nnc2cc(C(=O)NCCc3sccc3C)ccc21. The van der Waals surface area contributed by atoms with Crippen LogP contribution in [0, 0.1) is 6.92 Å². The Labute approximate surface area is 139 Å². The molecule has 0 aliphatic carbocycles. The van der Waals surface area contributed by atoms with Crippen molar-refractivity contribution < 1.29 is 4.79 Å². The van der Waals surface area contributed by atoms with Gasteiger partial charge in [0.15, 0.2) is 0 Å². The Morgan fingerprint density at radius 2 is 2.22 bits per heavy atom. The van der Waals surface area contributed by atoms with Crippen LogP contribution >= 0.6 is 11.3 Å². The minimum absolute atomic E-state index is 0.0637. The number of benzene rings is 1. The summed E-state index contributed by atoms with van der Waals surface area (Å²) in [6.45, 7) is 5.68. The van der Waals surface area contributed by atoms with Crippen LogP contribution in [0.4, 0.5) is 0 Å². The third-order valence-corrected chi connectivity index (χ3v) is 4.90. The van der Waals surface area contributed by atoms with Gasteiger partial charge in [-0.2, -0.15) is 0 Å². The van der Waals surface area contributed by atoms with E-state index in [9.17, 15) is 4.79 Å². The van der Waals surface area contributed by atoms with Crippen LogP contribution in [0.3, 0.4) is 0 Å². The van der Waals surface area contributed by atoms with Gasteiger partial charge in [-0.15, -0.1) is 16.4 Å². The highest BCUT2D eigenvalue weighted by Gasteiger charge is 2.10. The number of amides is 1. The molecule has 120 valence electrons. The summed E-state index contributed by atoms with van der Waals surface area (Å²) >= 11 is 1.73. The largest absolute Gasteiger partial charge is 0.352 e. The van der Waals surface area contributed by atoms with E-state index in [-0.39, 0.29) is 5.91 Å². The van der Waals surface area contributed by atoms with Crippen molar-refractivity contribution in [3.63, 3.8) is 0 Å². The second-order valence-electron chi connectivity index (χ2n) is 5.55. The van der Waals surface area contributed by atoms with E-state index < -0.39 is 0 Å². The maximum Gasteiger partial charge on any atom is 0.251 e. The van der Waals surface area contributed by atoms with Crippen LogP contribution in [0.1, 0.15) is 34.1 Å². The van der Waals surface area contributed by atoms with Crippen molar-refractivity contribution in [2.75, 3.05) is 6.54 Å². The van der Waals surface area contributed by atoms with Crippen LogP contribution in [0.2, 0.25) is 0 Å². The van der Waals surface area contributed by atoms with Crippen molar-refractivity contribution in [1.82, 2.24) is 20.3 Å². The first-order valence-corrected chi connectivity index (χ1v) is 8.71. The molecule has 1 amide bonds. The number of rotatable bonds is 6. The average molecular weight is 328 g/mol. The quantitative estimate of drug-likeness (QED) is 0.756. The van der Waals surface area contributed by atoms with Crippen LogP contribution in [-0.2, 0) is 13.0 Å². The molecule has 0 bridgehead atoms. The standard InChI is InChI=1S/C17H20N4OS/c1-3-9-21-15-5-4-13(11-14(15)19-20-21)17(22)18-8-6-16-12(2)7-10-23-16/h4-5,7,10-11H,3,6,8-9H2,1-2H3,(H,18,22). The van der Waals surface area contributed by atoms with E-state index in [1.807, 2.05) is 16.8 Å². The smallest absolute Gasteiger partial charge is 0.251 e. The van der Waals surface area contributed by atoms with Crippen LogP contribution in [-0.4, -0.2) is 27.4 Å². The summed E-state index contributed by atoms with van der Waals surface area (Å²) in [5.41, 5.74) is 3.65. The van der Waals surface area contributed by atoms with Gasteiger partial charge in [-0.3, -0.25) is 4.79 Å². The Balaban J connectivity index is 1.65. The van der Waals surface area contributed by atoms with Gasteiger partial charge in [0.1, 0.15) is 5.52 Å². The Bertz CT molecular complexity index is 821. The zero-order valence-corrected chi connectivity index (χ0v) is 14.2. The zero-order valence-electron chi connectivity index (χ0n) is 13.4. The fourth-order valence-corrected chi connectivity index (χ4v) is 3.45. The number of hydrogen-bond donors (Lipinski definition) is 1. The summed E-state index contributed by atoms with van der Waals surface area (Å²) in [5, 5.41) is 13.3. The Kier molecular flexibility index (Phi) is 4.71. The van der Waals surface area contributed by atoms with Crippen LogP contribution in [0.15, 0.2) is 29.6 Å². The van der Waals surface area contributed by atoms with Gasteiger partial charge in [0.05, 0.1) is 5.52 Å². The van der Waals surface area contributed by atoms with Crippen LogP contribution < -0.4 is 5.32 Å². The van der Waals surface area contributed by atoms with Crippen LogP contribution in [0.5, 0.6) is 0 Å². The minimum atomic E-state index is -0.0637. The molecular formula is C17H20N4OS. The molecular weight excluding hydrogens is 308 g/mol. The summed E-state index contributed by atoms with van der Waals surface area (Å²) in [6.07, 6.45) is 1.87. The molecule has 3 aromatic rings. The maximum atomic E-state index is 12.3. The van der Waals surface area contributed by atoms with Crippen molar-refractivity contribution >= 4 is 28.3 Å². The molecule has 0 saturated heterocycles. The first-order valence-electron chi connectivity index (χ1n) is 7.83. The van der Waals surface area contributed by atoms with Crippen molar-refractivity contribution in [1.29, 1.82) is 0 Å². The lowest BCUT2D eigenvalue weighted by Gasteiger charge is -2.05. The number of aryl methyl sites for hydroxylation is 2. The molecule has 3 rings (SSSR count). The predicted octanol–water partition coefficient (Wildman–Crippen LogP) is 3.18. The monoisotopic (exact) mass is 328 g/mol. The van der Waals surface area contributed by atoms with Crippen molar-refractivity contribution in [3.8, 4) is 0 Å². The number of nitrogens with zero attached hydrogens (tertiary/aromatic N) is 3. The second kappa shape index (κ2) is 6.91. The summed E-state index contributed by atoms with van der Waals surface area (Å²) in [5.74, 6) is -0.0637. The molecule has 0 atom stereocenters. The number of thiophene rings is 1. The lowest BCUT2D eigenvalue weighted by atomic mass is 10.2. The molecule has 0 spiro atoms. The third kappa shape index (κ3) is 3.42. The summed E-state index contributed by atoms with van der Waals surface area (Å²) in [6, 6.07) is 7.67. The fourth-order valence-electron chi connectivity index (χ4n) is 2.54. The maximum absolute atomic E-state index is 12.3. The van der Waals surface area contributed by atoms with E-state index >= 15 is 0 Å². The molecule has 0 unspecified atom stereocenters. The Morgan fingerprint density at radius 1 is 1.35 bits per heavy atom. The fraction of sp³-hybridized carbons (Fsp3) is 0.353. The second-order valence-corrected chi connectivity index (χ2v) is 6.55. The van der Waals surface area contributed by atoms with Crippen LogP contribution in [0.25, 0.3) is 11.0 Å². The van der Waals surface area contributed by atoms with Gasteiger partial charge in [-0.25, -0.2) is 4.68 Å². The number of aromatic nitrogens is 3. The molecule has 6 heteroatoms. The topological polar surface area (TPSA) is 59.8 Å². The first-order chi connectivity index (χ1) is 11.2. The molecule has 0 aliphatic rings. The first kappa shape index (κ1) is 15.7. The van der Waals surface area contributed by atoms with E-state index in [0.717, 1.165) is 30.4 Å². The van der Waals surface area contributed by atoms with Gasteiger partial charge in [0, 0.05) is 23.5 Å². The average Bonchev–Trinajstić information content (AvgIpc) is 3.14. The molecule has 5 nitrogen and oxygen atoms in total. The number of carbonyl (C=O) groups excluding carboxylic acids is 1. The molecule has 2 aromatic heterocycles. The van der Waals surface area contributed by atoms with E-state index in [4.69, 9.17) is 0 Å². The van der Waals surface area contributed by atoms with E-state index in [1.165, 1.54) is 10.4 Å². The normalized spacial score (nSPS) is 11.0. The highest BCUT2D eigenvalue weighted by molar-refractivity contribution is 7.10. The number of nitrogens with one attached hydrogen (secondary N) is 1. The van der Waals surface area contributed by atoms with Crippen molar-refractivity contribution in [2.24, 2.45) is 0 Å². The molecule has 2 heterocycles. The highest BCUT2D eigenvalue weighted by atomic mass is 32.1. The van der Waals surface area contributed by atoms with Gasteiger partial charge in [-0.1, -0.05) is 12.1 Å². The molecule has 1 N–H and O–H groups in total. The summed E-state index contributed by atoms with van der Waals surface area (Å²) < 4.78 is 1.87. The molecule has 23 heavy (non-hydrogen) atoms. The van der Waals surface area contributed by atoms with Gasteiger partial charge >= 0.3 is 0 Å².